The van der Waals surface area contributed by atoms with E-state index >= 15 is 0 Å². The van der Waals surface area contributed by atoms with Crippen LogP contribution in [0, 0.1) is 0 Å². The van der Waals surface area contributed by atoms with Crippen molar-refractivity contribution in [1.29, 1.82) is 0 Å². The molecule has 2 N–H and O–H groups in total. The van der Waals surface area contributed by atoms with Crippen LogP contribution in [0.4, 0.5) is 5.82 Å². The Balaban J connectivity index is 2.04. The van der Waals surface area contributed by atoms with E-state index in [4.69, 9.17) is 15.2 Å². The lowest BCUT2D eigenvalue weighted by atomic mass is 10.0. The smallest absolute Gasteiger partial charge is 0.319 e. The largest absolute Gasteiger partial charge is 0.460 e. The molecule has 2 rings (SSSR count). The van der Waals surface area contributed by atoms with Crippen LogP contribution in [0.15, 0.2) is 10.7 Å². The summed E-state index contributed by atoms with van der Waals surface area (Å²) in [7, 11) is 0. The third-order valence-corrected chi connectivity index (χ3v) is 3.03. The summed E-state index contributed by atoms with van der Waals surface area (Å²) in [6.07, 6.45) is 2.18. The van der Waals surface area contributed by atoms with Crippen LogP contribution in [0.3, 0.4) is 0 Å². The van der Waals surface area contributed by atoms with E-state index in [1.807, 2.05) is 13.8 Å². The zero-order chi connectivity index (χ0) is 12.4. The molecule has 1 aliphatic rings. The molecule has 0 spiro atoms. The molecule has 0 aliphatic carbocycles. The van der Waals surface area contributed by atoms with Gasteiger partial charge in [0.2, 0.25) is 0 Å². The number of nitrogens with zero attached hydrogens (tertiary/aromatic N) is 2. The van der Waals surface area contributed by atoms with Crippen molar-refractivity contribution >= 4 is 21.7 Å². The van der Waals surface area contributed by atoms with Crippen molar-refractivity contribution < 1.29 is 9.47 Å². The summed E-state index contributed by atoms with van der Waals surface area (Å²) in [5.74, 6) is 0.398. The molecule has 1 saturated heterocycles. The van der Waals surface area contributed by atoms with Crippen molar-refractivity contribution in [3.05, 3.63) is 10.7 Å². The van der Waals surface area contributed by atoms with Gasteiger partial charge in [-0.25, -0.2) is 0 Å². The van der Waals surface area contributed by atoms with Crippen molar-refractivity contribution in [2.45, 2.75) is 45.0 Å². The van der Waals surface area contributed by atoms with Gasteiger partial charge in [-0.2, -0.15) is 9.97 Å². The fourth-order valence-corrected chi connectivity index (χ4v) is 2.44. The molecule has 2 unspecified atom stereocenters. The maximum atomic E-state index is 5.75. The lowest BCUT2D eigenvalue weighted by molar-refractivity contribution is -0.0738. The highest BCUT2D eigenvalue weighted by atomic mass is 79.9. The summed E-state index contributed by atoms with van der Waals surface area (Å²) in [6, 6.07) is 1.96. The molecule has 17 heavy (non-hydrogen) atoms. The van der Waals surface area contributed by atoms with E-state index < -0.39 is 0 Å². The Morgan fingerprint density at radius 3 is 2.59 bits per heavy atom. The van der Waals surface area contributed by atoms with Crippen LogP contribution in [0.1, 0.15) is 26.7 Å². The molecule has 5 nitrogen and oxygen atoms in total. The molecule has 0 radical (unpaired) electrons. The maximum Gasteiger partial charge on any atom is 0.319 e. The highest BCUT2D eigenvalue weighted by Gasteiger charge is 2.26. The van der Waals surface area contributed by atoms with Gasteiger partial charge in [0.1, 0.15) is 16.5 Å². The third kappa shape index (κ3) is 3.54. The zero-order valence-electron chi connectivity index (χ0n) is 9.89. The molecular weight excluding hydrogens is 286 g/mol. The number of nitrogens with two attached hydrogens (primary N) is 1. The van der Waals surface area contributed by atoms with Crippen LogP contribution in [-0.4, -0.2) is 28.3 Å². The second kappa shape index (κ2) is 5.18. The van der Waals surface area contributed by atoms with Gasteiger partial charge in [-0.3, -0.25) is 0 Å². The van der Waals surface area contributed by atoms with Gasteiger partial charge in [0.05, 0.1) is 12.2 Å². The fraction of sp³-hybridized carbons (Fsp3) is 0.636. The Kier molecular flexibility index (Phi) is 3.83. The zero-order valence-corrected chi connectivity index (χ0v) is 11.5. The molecule has 0 saturated carbocycles. The first-order chi connectivity index (χ1) is 8.02. The molecule has 2 heterocycles. The van der Waals surface area contributed by atoms with Crippen molar-refractivity contribution in [3.63, 3.8) is 0 Å². The average molecular weight is 302 g/mol. The molecule has 1 fully saturated rings. The molecule has 2 atom stereocenters. The summed E-state index contributed by atoms with van der Waals surface area (Å²) < 4.78 is 12.0. The Hall–Kier alpha value is -0.880. The van der Waals surface area contributed by atoms with Gasteiger partial charge in [-0.15, -0.1) is 0 Å². The van der Waals surface area contributed by atoms with Gasteiger partial charge in [0.25, 0.3) is 0 Å². The number of hydrogen-bond donors (Lipinski definition) is 1. The molecule has 1 aromatic rings. The Bertz CT molecular complexity index is 372. The maximum absolute atomic E-state index is 5.75. The van der Waals surface area contributed by atoms with Crippen molar-refractivity contribution in [1.82, 2.24) is 9.97 Å². The van der Waals surface area contributed by atoms with Gasteiger partial charge >= 0.3 is 6.01 Å². The highest BCUT2D eigenvalue weighted by Crippen LogP contribution is 2.23. The normalized spacial score (nSPS) is 29.0. The number of rotatable bonds is 2. The SMILES string of the molecule is CC1CC(Oc2nc(N)cc(Br)n2)CC(C)O1. The van der Waals surface area contributed by atoms with Crippen LogP contribution in [0.5, 0.6) is 6.01 Å². The number of nitrogen functional groups attached to an aromatic ring is 1. The summed E-state index contributed by atoms with van der Waals surface area (Å²) in [6.45, 7) is 4.09. The van der Waals surface area contributed by atoms with Gasteiger partial charge < -0.3 is 15.2 Å². The molecule has 0 bridgehead atoms. The van der Waals surface area contributed by atoms with Crippen LogP contribution in [-0.2, 0) is 4.74 Å². The number of anilines is 1. The molecule has 0 aromatic carbocycles. The van der Waals surface area contributed by atoms with Crippen molar-refractivity contribution in [2.75, 3.05) is 5.73 Å². The second-order valence-corrected chi connectivity index (χ2v) is 5.18. The fourth-order valence-electron chi connectivity index (χ4n) is 2.06. The monoisotopic (exact) mass is 301 g/mol. The molecule has 94 valence electrons. The van der Waals surface area contributed by atoms with E-state index in [-0.39, 0.29) is 18.3 Å². The highest BCUT2D eigenvalue weighted by molar-refractivity contribution is 9.10. The van der Waals surface area contributed by atoms with E-state index in [9.17, 15) is 0 Å². The molecule has 0 amide bonds. The van der Waals surface area contributed by atoms with Gasteiger partial charge in [0.15, 0.2) is 0 Å². The minimum Gasteiger partial charge on any atom is -0.460 e. The first-order valence-corrected chi connectivity index (χ1v) is 6.44. The van der Waals surface area contributed by atoms with E-state index in [1.54, 1.807) is 6.07 Å². The first-order valence-electron chi connectivity index (χ1n) is 5.65. The van der Waals surface area contributed by atoms with E-state index in [2.05, 4.69) is 25.9 Å². The summed E-state index contributed by atoms with van der Waals surface area (Å²) >= 11 is 3.27. The Morgan fingerprint density at radius 2 is 2.00 bits per heavy atom. The van der Waals surface area contributed by atoms with Gasteiger partial charge in [0, 0.05) is 18.9 Å². The number of ether oxygens (including phenoxy) is 2. The van der Waals surface area contributed by atoms with Crippen LogP contribution in [0.2, 0.25) is 0 Å². The predicted octanol–water partition coefficient (Wildman–Crippen LogP) is 2.16. The number of halogens is 1. The third-order valence-electron chi connectivity index (χ3n) is 2.62. The minimum absolute atomic E-state index is 0.0856. The van der Waals surface area contributed by atoms with Crippen LogP contribution >= 0.6 is 15.9 Å². The quantitative estimate of drug-likeness (QED) is 0.848. The topological polar surface area (TPSA) is 70.3 Å². The minimum atomic E-state index is 0.0856. The van der Waals surface area contributed by atoms with Crippen molar-refractivity contribution in [3.8, 4) is 6.01 Å². The van der Waals surface area contributed by atoms with Crippen LogP contribution < -0.4 is 10.5 Å². The molecule has 6 heteroatoms. The van der Waals surface area contributed by atoms with Gasteiger partial charge in [-0.05, 0) is 29.8 Å². The number of hydrogen-bond acceptors (Lipinski definition) is 5. The molecule has 1 aliphatic heterocycles. The van der Waals surface area contributed by atoms with Crippen LogP contribution in [0.25, 0.3) is 0 Å². The Labute approximate surface area is 109 Å². The standard InChI is InChI=1S/C11H16BrN3O2/c1-6-3-8(4-7(2)16-6)17-11-14-9(12)5-10(13)15-11/h5-8H,3-4H2,1-2H3,(H2,13,14,15). The number of aromatic nitrogens is 2. The molecular formula is C11H16BrN3O2. The molecule has 1 aromatic heterocycles. The van der Waals surface area contributed by atoms with E-state index in [0.29, 0.717) is 16.4 Å². The first kappa shape index (κ1) is 12.6. The summed E-state index contributed by atoms with van der Waals surface area (Å²) in [5, 5.41) is 0. The van der Waals surface area contributed by atoms with Crippen molar-refractivity contribution in [2.24, 2.45) is 0 Å². The summed E-state index contributed by atoms with van der Waals surface area (Å²) in [4.78, 5) is 8.19. The Morgan fingerprint density at radius 1 is 1.35 bits per heavy atom. The predicted molar refractivity (Wildman–Crippen MR) is 67.8 cm³/mol. The average Bonchev–Trinajstić information content (AvgIpc) is 2.13. The van der Waals surface area contributed by atoms with E-state index in [0.717, 1.165) is 12.8 Å². The lowest BCUT2D eigenvalue weighted by Crippen LogP contribution is -2.36. The lowest BCUT2D eigenvalue weighted by Gasteiger charge is -2.31. The van der Waals surface area contributed by atoms with Gasteiger partial charge in [-0.1, -0.05) is 0 Å². The van der Waals surface area contributed by atoms with E-state index in [1.165, 1.54) is 0 Å². The second-order valence-electron chi connectivity index (χ2n) is 4.37. The summed E-state index contributed by atoms with van der Waals surface area (Å²) in [5.41, 5.74) is 5.63.